The van der Waals surface area contributed by atoms with Crippen LogP contribution in [0.15, 0.2) is 0 Å². The van der Waals surface area contributed by atoms with E-state index in [-0.39, 0.29) is 17.0 Å². The van der Waals surface area contributed by atoms with Gasteiger partial charge in [0.05, 0.1) is 23.6 Å². The van der Waals surface area contributed by atoms with Gasteiger partial charge in [-0.2, -0.15) is 0 Å². The van der Waals surface area contributed by atoms with Crippen LogP contribution in [0.3, 0.4) is 0 Å². The van der Waals surface area contributed by atoms with Crippen LogP contribution in [-0.2, 0) is 9.47 Å². The van der Waals surface area contributed by atoms with Gasteiger partial charge in [0.2, 0.25) is 0 Å². The molecule has 0 N–H and O–H groups in total. The highest BCUT2D eigenvalue weighted by molar-refractivity contribution is 9.09. The van der Waals surface area contributed by atoms with Gasteiger partial charge in [0.25, 0.3) is 0 Å². The van der Waals surface area contributed by atoms with Crippen LogP contribution < -0.4 is 0 Å². The average molecular weight is 294 g/mol. The van der Waals surface area contributed by atoms with Crippen LogP contribution in [0.1, 0.15) is 6.92 Å². The zero-order valence-electron chi connectivity index (χ0n) is 7.80. The third-order valence-electron chi connectivity index (χ3n) is 1.51. The lowest BCUT2D eigenvalue weighted by Gasteiger charge is -2.23. The summed E-state index contributed by atoms with van der Waals surface area (Å²) in [7, 11) is 1.64. The van der Waals surface area contributed by atoms with Crippen molar-refractivity contribution in [1.29, 1.82) is 0 Å². The van der Waals surface area contributed by atoms with Crippen molar-refractivity contribution < 1.29 is 9.47 Å². The van der Waals surface area contributed by atoms with Crippen LogP contribution in [0.5, 0.6) is 0 Å². The van der Waals surface area contributed by atoms with Crippen LogP contribution in [-0.4, -0.2) is 42.5 Å². The minimum absolute atomic E-state index is 0.0389. The van der Waals surface area contributed by atoms with Gasteiger partial charge < -0.3 is 9.47 Å². The Bertz CT molecular complexity index is 127. The molecule has 3 atom stereocenters. The summed E-state index contributed by atoms with van der Waals surface area (Å²) in [5, 5.41) is 0. The first-order valence-corrected chi connectivity index (χ1v) is 6.04. The third kappa shape index (κ3) is 6.13. The molecule has 0 saturated heterocycles. The summed E-state index contributed by atoms with van der Waals surface area (Å²) in [6.07, 6.45) is -0.0265. The Morgan fingerprint density at radius 3 is 2.31 bits per heavy atom. The summed E-state index contributed by atoms with van der Waals surface area (Å²) >= 11 is 14.8. The molecule has 0 aromatic rings. The molecule has 0 aromatic heterocycles. The zero-order valence-corrected chi connectivity index (χ0v) is 10.9. The van der Waals surface area contributed by atoms with E-state index in [9.17, 15) is 0 Å². The number of hydrogen-bond acceptors (Lipinski definition) is 2. The minimum atomic E-state index is -0.0654. The van der Waals surface area contributed by atoms with Crippen LogP contribution in [0, 0.1) is 0 Å². The normalized spacial score (nSPS) is 18.2. The Balaban J connectivity index is 3.82. The van der Waals surface area contributed by atoms with E-state index >= 15 is 0 Å². The lowest BCUT2D eigenvalue weighted by atomic mass is 10.3. The Morgan fingerprint density at radius 2 is 1.92 bits per heavy atom. The smallest absolute Gasteiger partial charge is 0.0851 e. The molecule has 0 spiro atoms. The first kappa shape index (κ1) is 14.0. The molecule has 80 valence electrons. The van der Waals surface area contributed by atoms with Gasteiger partial charge >= 0.3 is 0 Å². The third-order valence-corrected chi connectivity index (χ3v) is 3.43. The van der Waals surface area contributed by atoms with Crippen LogP contribution in [0.4, 0.5) is 0 Å². The van der Waals surface area contributed by atoms with Gasteiger partial charge in [-0.05, 0) is 6.92 Å². The second-order valence-electron chi connectivity index (χ2n) is 2.77. The molecular formula is C8H15BrCl2O2. The molecule has 2 nitrogen and oxygen atoms in total. The second kappa shape index (κ2) is 8.30. The second-order valence-corrected chi connectivity index (χ2v) is 4.56. The highest BCUT2D eigenvalue weighted by Crippen LogP contribution is 2.15. The summed E-state index contributed by atoms with van der Waals surface area (Å²) in [6, 6.07) is 0. The van der Waals surface area contributed by atoms with E-state index < -0.39 is 0 Å². The van der Waals surface area contributed by atoms with E-state index in [1.165, 1.54) is 0 Å². The van der Waals surface area contributed by atoms with Crippen molar-refractivity contribution in [2.75, 3.05) is 25.5 Å². The van der Waals surface area contributed by atoms with Crippen molar-refractivity contribution in [2.24, 2.45) is 0 Å². The van der Waals surface area contributed by atoms with Gasteiger partial charge in [-0.15, -0.1) is 23.2 Å². The van der Waals surface area contributed by atoms with Crippen molar-refractivity contribution in [3.05, 3.63) is 0 Å². The summed E-state index contributed by atoms with van der Waals surface area (Å²) in [5.41, 5.74) is 0. The van der Waals surface area contributed by atoms with Crippen LogP contribution in [0.25, 0.3) is 0 Å². The highest BCUT2D eigenvalue weighted by atomic mass is 79.9. The van der Waals surface area contributed by atoms with Gasteiger partial charge in [-0.1, -0.05) is 15.9 Å². The predicted octanol–water partition coefficient (Wildman–Crippen LogP) is 2.65. The molecule has 0 aromatic carbocycles. The first-order valence-electron chi connectivity index (χ1n) is 4.06. The molecule has 0 bridgehead atoms. The molecule has 0 radical (unpaired) electrons. The van der Waals surface area contributed by atoms with Gasteiger partial charge in [-0.3, -0.25) is 0 Å². The van der Waals surface area contributed by atoms with Gasteiger partial charge in [-0.25, -0.2) is 0 Å². The lowest BCUT2D eigenvalue weighted by molar-refractivity contribution is -0.0273. The maximum atomic E-state index is 5.73. The maximum absolute atomic E-state index is 5.73. The van der Waals surface area contributed by atoms with Crippen LogP contribution in [0.2, 0.25) is 0 Å². The monoisotopic (exact) mass is 292 g/mol. The van der Waals surface area contributed by atoms with E-state index in [1.54, 1.807) is 7.11 Å². The number of methoxy groups -OCH3 is 1. The van der Waals surface area contributed by atoms with Crippen molar-refractivity contribution in [3.63, 3.8) is 0 Å². The molecular weight excluding hydrogens is 279 g/mol. The van der Waals surface area contributed by atoms with Gasteiger partial charge in [0, 0.05) is 18.9 Å². The fourth-order valence-corrected chi connectivity index (χ4v) is 1.90. The molecule has 5 heteroatoms. The summed E-state index contributed by atoms with van der Waals surface area (Å²) < 4.78 is 10.6. The van der Waals surface area contributed by atoms with Gasteiger partial charge in [0.15, 0.2) is 0 Å². The zero-order chi connectivity index (χ0) is 10.3. The molecule has 0 heterocycles. The molecule has 0 saturated carbocycles. The Hall–Kier alpha value is 0.980. The molecule has 13 heavy (non-hydrogen) atoms. The van der Waals surface area contributed by atoms with Crippen molar-refractivity contribution in [1.82, 2.24) is 0 Å². The summed E-state index contributed by atoms with van der Waals surface area (Å²) in [6.45, 7) is 2.51. The van der Waals surface area contributed by atoms with E-state index in [2.05, 4.69) is 15.9 Å². The predicted molar refractivity (Wildman–Crippen MR) is 60.4 cm³/mol. The maximum Gasteiger partial charge on any atom is 0.0851 e. The van der Waals surface area contributed by atoms with E-state index in [1.807, 2.05) is 6.92 Å². The molecule has 0 aliphatic rings. The molecule has 0 fully saturated rings. The Morgan fingerprint density at radius 1 is 1.31 bits per heavy atom. The summed E-state index contributed by atoms with van der Waals surface area (Å²) in [4.78, 5) is 0.0889. The molecule has 0 aliphatic carbocycles. The number of hydrogen-bond donors (Lipinski definition) is 0. The number of alkyl halides is 3. The van der Waals surface area contributed by atoms with Crippen molar-refractivity contribution >= 4 is 39.1 Å². The number of ether oxygens (including phenoxy) is 2. The fourth-order valence-electron chi connectivity index (χ4n) is 0.890. The lowest BCUT2D eigenvalue weighted by Crippen LogP contribution is -2.32. The van der Waals surface area contributed by atoms with Crippen molar-refractivity contribution in [3.8, 4) is 0 Å². The fraction of sp³-hybridized carbons (Fsp3) is 1.00. The quantitative estimate of drug-likeness (QED) is 0.672. The number of rotatable bonds is 7. The summed E-state index contributed by atoms with van der Waals surface area (Å²) in [5.74, 6) is 0.910. The Kier molecular flexibility index (Phi) is 8.93. The minimum Gasteiger partial charge on any atom is -0.382 e. The highest BCUT2D eigenvalue weighted by Gasteiger charge is 2.20. The van der Waals surface area contributed by atoms with E-state index in [0.29, 0.717) is 18.4 Å². The SMILES string of the molecule is COCC(C)OC(CCl)C(Br)CCl. The molecule has 0 aliphatic heterocycles. The first-order chi connectivity index (χ1) is 6.15. The van der Waals surface area contributed by atoms with E-state index in [4.69, 9.17) is 32.7 Å². The standard InChI is InChI=1S/C8H15BrCl2O2/c1-6(5-12-2)13-8(4-11)7(9)3-10/h6-8H,3-5H2,1-2H3. The topological polar surface area (TPSA) is 18.5 Å². The molecule has 0 amide bonds. The average Bonchev–Trinajstić information content (AvgIpc) is 2.13. The Labute approximate surface area is 98.0 Å². The molecule has 0 rings (SSSR count). The van der Waals surface area contributed by atoms with Crippen molar-refractivity contribution in [2.45, 2.75) is 24.0 Å². The van der Waals surface area contributed by atoms with E-state index in [0.717, 1.165) is 0 Å². The van der Waals surface area contributed by atoms with Gasteiger partial charge in [0.1, 0.15) is 0 Å². The van der Waals surface area contributed by atoms with Crippen LogP contribution >= 0.6 is 39.1 Å². The number of halogens is 3. The molecule has 3 unspecified atom stereocenters. The largest absolute Gasteiger partial charge is 0.382 e.